The molecule has 20 heavy (non-hydrogen) atoms. The highest BCUT2D eigenvalue weighted by molar-refractivity contribution is 9.09. The van der Waals surface area contributed by atoms with Crippen LogP contribution in [0.25, 0.3) is 0 Å². The van der Waals surface area contributed by atoms with Crippen LogP contribution >= 0.6 is 39.1 Å². The maximum Gasteiger partial charge on any atom is 0.253 e. The lowest BCUT2D eigenvalue weighted by Gasteiger charge is -2.21. The molecule has 1 heterocycles. The summed E-state index contributed by atoms with van der Waals surface area (Å²) in [6.07, 6.45) is 1.00. The summed E-state index contributed by atoms with van der Waals surface area (Å²) in [5.74, 6) is 0.0317. The predicted molar refractivity (Wildman–Crippen MR) is 87.2 cm³/mol. The van der Waals surface area contributed by atoms with Crippen LogP contribution in [0.2, 0.25) is 10.0 Å². The summed E-state index contributed by atoms with van der Waals surface area (Å²) in [6.45, 7) is 4.52. The van der Waals surface area contributed by atoms with Crippen LogP contribution in [0.3, 0.4) is 0 Å². The van der Waals surface area contributed by atoms with Gasteiger partial charge < -0.3 is 9.80 Å². The van der Waals surface area contributed by atoms with Gasteiger partial charge in [-0.25, -0.2) is 0 Å². The predicted octanol–water partition coefficient (Wildman–Crippen LogP) is 3.54. The quantitative estimate of drug-likeness (QED) is 0.750. The Morgan fingerprint density at radius 3 is 2.65 bits per heavy atom. The monoisotopic (exact) mass is 378 g/mol. The molecule has 0 spiro atoms. The zero-order valence-corrected chi connectivity index (χ0v) is 14.2. The number of carbonyl (C=O) groups is 1. The third-order valence-electron chi connectivity index (χ3n) is 3.44. The summed E-state index contributed by atoms with van der Waals surface area (Å²) in [5, 5.41) is 1.86. The molecule has 0 N–H and O–H groups in total. The lowest BCUT2D eigenvalue weighted by atomic mass is 10.2. The van der Waals surface area contributed by atoms with Crippen molar-refractivity contribution in [3.8, 4) is 0 Å². The van der Waals surface area contributed by atoms with Gasteiger partial charge in [0.2, 0.25) is 0 Å². The van der Waals surface area contributed by atoms with Crippen LogP contribution in [0.15, 0.2) is 18.2 Å². The van der Waals surface area contributed by atoms with Gasteiger partial charge in [-0.15, -0.1) is 0 Å². The average Bonchev–Trinajstić information content (AvgIpc) is 2.67. The first kappa shape index (κ1) is 16.1. The molecule has 1 aliphatic rings. The highest BCUT2D eigenvalue weighted by atomic mass is 79.9. The Morgan fingerprint density at radius 2 is 1.95 bits per heavy atom. The van der Waals surface area contributed by atoms with E-state index in [0.29, 0.717) is 15.6 Å². The second kappa shape index (κ2) is 7.64. The first-order chi connectivity index (χ1) is 9.61. The Balaban J connectivity index is 2.03. The zero-order chi connectivity index (χ0) is 14.5. The third-order valence-corrected chi connectivity index (χ3v) is 4.54. The van der Waals surface area contributed by atoms with E-state index in [1.54, 1.807) is 18.2 Å². The minimum absolute atomic E-state index is 0.0317. The van der Waals surface area contributed by atoms with Gasteiger partial charge >= 0.3 is 0 Å². The molecule has 0 saturated carbocycles. The van der Waals surface area contributed by atoms with Crippen molar-refractivity contribution in [3.05, 3.63) is 33.8 Å². The Labute approximate surface area is 138 Å². The van der Waals surface area contributed by atoms with Crippen molar-refractivity contribution < 1.29 is 4.79 Å². The van der Waals surface area contributed by atoms with Gasteiger partial charge in [-0.2, -0.15) is 0 Å². The van der Waals surface area contributed by atoms with Crippen molar-refractivity contribution >= 4 is 45.0 Å². The van der Waals surface area contributed by atoms with Crippen molar-refractivity contribution in [1.82, 2.24) is 9.80 Å². The molecule has 6 heteroatoms. The number of halogens is 3. The van der Waals surface area contributed by atoms with Gasteiger partial charge in [0, 0.05) is 37.1 Å². The number of hydrogen-bond donors (Lipinski definition) is 0. The van der Waals surface area contributed by atoms with Crippen LogP contribution in [0.1, 0.15) is 16.8 Å². The van der Waals surface area contributed by atoms with Crippen molar-refractivity contribution in [2.45, 2.75) is 6.42 Å². The standard InChI is InChI=1S/C14H17BrCl2N2O/c15-4-7-18-5-1-6-19(9-8-18)14(20)11-2-3-12(16)13(17)10-11/h2-3,10H,1,4-9H2. The van der Waals surface area contributed by atoms with Crippen molar-refractivity contribution in [2.75, 3.05) is 38.1 Å². The lowest BCUT2D eigenvalue weighted by molar-refractivity contribution is 0.0762. The van der Waals surface area contributed by atoms with E-state index in [9.17, 15) is 4.79 Å². The third kappa shape index (κ3) is 4.10. The van der Waals surface area contributed by atoms with E-state index < -0.39 is 0 Å². The van der Waals surface area contributed by atoms with E-state index in [1.807, 2.05) is 4.90 Å². The molecule has 0 radical (unpaired) electrons. The number of carbonyl (C=O) groups excluding carboxylic acids is 1. The highest BCUT2D eigenvalue weighted by Gasteiger charge is 2.20. The maximum atomic E-state index is 12.5. The molecule has 0 bridgehead atoms. The molecular formula is C14H17BrCl2N2O. The number of nitrogens with zero attached hydrogens (tertiary/aromatic N) is 2. The Kier molecular flexibility index (Phi) is 6.15. The number of hydrogen-bond acceptors (Lipinski definition) is 2. The fourth-order valence-electron chi connectivity index (χ4n) is 2.33. The van der Waals surface area contributed by atoms with Gasteiger partial charge in [-0.3, -0.25) is 4.79 Å². The molecule has 0 atom stereocenters. The molecule has 1 saturated heterocycles. The maximum absolute atomic E-state index is 12.5. The van der Waals surface area contributed by atoms with Crippen molar-refractivity contribution in [1.29, 1.82) is 0 Å². The van der Waals surface area contributed by atoms with Crippen LogP contribution in [-0.4, -0.2) is 53.8 Å². The van der Waals surface area contributed by atoms with Crippen LogP contribution in [0.5, 0.6) is 0 Å². The van der Waals surface area contributed by atoms with E-state index >= 15 is 0 Å². The normalized spacial score (nSPS) is 17.1. The van der Waals surface area contributed by atoms with Gasteiger partial charge in [-0.05, 0) is 31.2 Å². The summed E-state index contributed by atoms with van der Waals surface area (Å²) >= 11 is 15.3. The van der Waals surface area contributed by atoms with E-state index in [-0.39, 0.29) is 5.91 Å². The topological polar surface area (TPSA) is 23.6 Å². The van der Waals surface area contributed by atoms with Gasteiger partial charge in [0.1, 0.15) is 0 Å². The summed E-state index contributed by atoms with van der Waals surface area (Å²) in [5.41, 5.74) is 0.605. The van der Waals surface area contributed by atoms with E-state index in [2.05, 4.69) is 20.8 Å². The molecule has 2 rings (SSSR count). The van der Waals surface area contributed by atoms with Crippen LogP contribution in [0, 0.1) is 0 Å². The highest BCUT2D eigenvalue weighted by Crippen LogP contribution is 2.23. The molecule has 0 aromatic heterocycles. The first-order valence-corrected chi connectivity index (χ1v) is 8.52. The molecule has 1 aromatic carbocycles. The van der Waals surface area contributed by atoms with Gasteiger partial charge in [0.15, 0.2) is 0 Å². The molecule has 0 unspecified atom stereocenters. The molecule has 1 aliphatic heterocycles. The molecule has 1 aromatic rings. The average molecular weight is 380 g/mol. The smallest absolute Gasteiger partial charge is 0.253 e. The number of amides is 1. The minimum atomic E-state index is 0.0317. The van der Waals surface area contributed by atoms with Crippen molar-refractivity contribution in [3.63, 3.8) is 0 Å². The summed E-state index contributed by atoms with van der Waals surface area (Å²) in [6, 6.07) is 5.05. The largest absolute Gasteiger partial charge is 0.337 e. The number of rotatable bonds is 3. The molecular weight excluding hydrogens is 363 g/mol. The number of benzene rings is 1. The molecule has 0 aliphatic carbocycles. The summed E-state index contributed by atoms with van der Waals surface area (Å²) in [7, 11) is 0. The fourth-order valence-corrected chi connectivity index (χ4v) is 3.13. The Hall–Kier alpha value is -0.290. The Bertz CT molecular complexity index is 484. The molecule has 110 valence electrons. The second-order valence-corrected chi connectivity index (χ2v) is 6.41. The van der Waals surface area contributed by atoms with Crippen LogP contribution in [0.4, 0.5) is 0 Å². The van der Waals surface area contributed by atoms with E-state index in [4.69, 9.17) is 23.2 Å². The lowest BCUT2D eigenvalue weighted by Crippen LogP contribution is -2.35. The molecule has 1 amide bonds. The first-order valence-electron chi connectivity index (χ1n) is 6.64. The minimum Gasteiger partial charge on any atom is -0.337 e. The van der Waals surface area contributed by atoms with Gasteiger partial charge in [0.25, 0.3) is 5.91 Å². The van der Waals surface area contributed by atoms with Crippen LogP contribution < -0.4 is 0 Å². The Morgan fingerprint density at radius 1 is 1.15 bits per heavy atom. The van der Waals surface area contributed by atoms with Crippen molar-refractivity contribution in [2.24, 2.45) is 0 Å². The van der Waals surface area contributed by atoms with Gasteiger partial charge in [-0.1, -0.05) is 39.1 Å². The summed E-state index contributed by atoms with van der Waals surface area (Å²) in [4.78, 5) is 16.7. The molecule has 3 nitrogen and oxygen atoms in total. The van der Waals surface area contributed by atoms with Crippen LogP contribution in [-0.2, 0) is 0 Å². The SMILES string of the molecule is O=C(c1ccc(Cl)c(Cl)c1)N1CCCN(CCBr)CC1. The van der Waals surface area contributed by atoms with E-state index in [0.717, 1.165) is 44.5 Å². The van der Waals surface area contributed by atoms with E-state index in [1.165, 1.54) is 0 Å². The fraction of sp³-hybridized carbons (Fsp3) is 0.500. The molecule has 1 fully saturated rings. The number of alkyl halides is 1. The summed E-state index contributed by atoms with van der Waals surface area (Å²) < 4.78 is 0. The second-order valence-electron chi connectivity index (χ2n) is 4.81. The van der Waals surface area contributed by atoms with Gasteiger partial charge in [0.05, 0.1) is 10.0 Å². The zero-order valence-electron chi connectivity index (χ0n) is 11.1.